The molecule has 136 valence electrons. The number of phenolic OH excluding ortho intramolecular Hbond substituents is 2. The first-order chi connectivity index (χ1) is 12.2. The van der Waals surface area contributed by atoms with Crippen molar-refractivity contribution in [2.75, 3.05) is 0 Å². The molecule has 0 radical (unpaired) electrons. The summed E-state index contributed by atoms with van der Waals surface area (Å²) in [5.41, 5.74) is 0.507. The van der Waals surface area contributed by atoms with Crippen LogP contribution in [0.1, 0.15) is 47.9 Å². The van der Waals surface area contributed by atoms with Gasteiger partial charge < -0.3 is 14.9 Å². The van der Waals surface area contributed by atoms with Crippen molar-refractivity contribution in [3.05, 3.63) is 46.6 Å². The number of rotatable bonds is 5. The van der Waals surface area contributed by atoms with Crippen LogP contribution in [0.3, 0.4) is 0 Å². The molecule has 1 aromatic rings. The largest absolute Gasteiger partial charge is 0.507 e. The molecule has 2 N–H and O–H groups in total. The predicted molar refractivity (Wildman–Crippen MR) is 93.4 cm³/mol. The Bertz CT molecular complexity index is 873. The fraction of sp³-hybridized carbons (Fsp3) is 0.350. The van der Waals surface area contributed by atoms with Gasteiger partial charge in [0.25, 0.3) is 0 Å². The zero-order chi connectivity index (χ0) is 19.2. The van der Waals surface area contributed by atoms with Crippen LogP contribution in [0.5, 0.6) is 11.5 Å². The topological polar surface area (TPSA) is 104 Å². The van der Waals surface area contributed by atoms with E-state index in [1.54, 1.807) is 6.92 Å². The first kappa shape index (κ1) is 18.1. The molecule has 1 aliphatic heterocycles. The molecule has 0 aromatic heterocycles. The number of phenols is 2. The molecular formula is C20H20O6. The molecule has 0 amide bonds. The van der Waals surface area contributed by atoms with Crippen molar-refractivity contribution >= 4 is 17.3 Å². The van der Waals surface area contributed by atoms with Crippen LogP contribution >= 0.6 is 0 Å². The minimum atomic E-state index is -0.841. The van der Waals surface area contributed by atoms with Gasteiger partial charge in [-0.25, -0.2) is 0 Å². The SMILES string of the molecule is CC(C)=CC[C@H](C(=O)C1OC1C)C1=CC(=O)c2c(O)ccc(O)c2C1=O. The Morgan fingerprint density at radius 1 is 1.19 bits per heavy atom. The number of fused-ring (bicyclic) bond motifs is 1. The third-order valence-electron chi connectivity index (χ3n) is 4.66. The zero-order valence-electron chi connectivity index (χ0n) is 14.8. The summed E-state index contributed by atoms with van der Waals surface area (Å²) in [6.07, 6.45) is 2.38. The van der Waals surface area contributed by atoms with Crippen molar-refractivity contribution in [1.82, 2.24) is 0 Å². The van der Waals surface area contributed by atoms with Gasteiger partial charge in [0.2, 0.25) is 0 Å². The third kappa shape index (κ3) is 3.08. The summed E-state index contributed by atoms with van der Waals surface area (Å²) in [6.45, 7) is 5.51. The molecule has 0 bridgehead atoms. The number of ether oxygens (including phenoxy) is 1. The average molecular weight is 356 g/mol. The lowest BCUT2D eigenvalue weighted by Gasteiger charge is -2.22. The molecule has 3 rings (SSSR count). The second-order valence-electron chi connectivity index (χ2n) is 6.88. The summed E-state index contributed by atoms with van der Waals surface area (Å²) in [6, 6.07) is 2.31. The normalized spacial score (nSPS) is 22.3. The molecule has 1 aromatic carbocycles. The summed E-state index contributed by atoms with van der Waals surface area (Å²) in [5, 5.41) is 20.0. The third-order valence-corrected chi connectivity index (χ3v) is 4.66. The number of hydrogen-bond acceptors (Lipinski definition) is 6. The first-order valence-corrected chi connectivity index (χ1v) is 8.40. The molecule has 26 heavy (non-hydrogen) atoms. The highest BCUT2D eigenvalue weighted by Crippen LogP contribution is 2.39. The maximum Gasteiger partial charge on any atom is 0.194 e. The number of benzene rings is 1. The lowest BCUT2D eigenvalue weighted by Crippen LogP contribution is -2.29. The Kier molecular flexibility index (Phi) is 4.54. The monoisotopic (exact) mass is 356 g/mol. The highest BCUT2D eigenvalue weighted by Gasteiger charge is 2.46. The quantitative estimate of drug-likeness (QED) is 0.477. The van der Waals surface area contributed by atoms with Crippen LogP contribution in [0.25, 0.3) is 0 Å². The van der Waals surface area contributed by atoms with Crippen molar-refractivity contribution in [2.24, 2.45) is 5.92 Å². The molecular weight excluding hydrogens is 336 g/mol. The molecule has 2 aliphatic rings. The van der Waals surface area contributed by atoms with E-state index < -0.39 is 29.3 Å². The summed E-state index contributed by atoms with van der Waals surface area (Å²) in [4.78, 5) is 38.2. The number of epoxide rings is 1. The fourth-order valence-corrected chi connectivity index (χ4v) is 3.17. The van der Waals surface area contributed by atoms with Crippen LogP contribution in [-0.2, 0) is 9.53 Å². The highest BCUT2D eigenvalue weighted by atomic mass is 16.6. The second-order valence-corrected chi connectivity index (χ2v) is 6.88. The van der Waals surface area contributed by atoms with Gasteiger partial charge in [0.1, 0.15) is 17.6 Å². The average Bonchev–Trinajstić information content (AvgIpc) is 3.30. The van der Waals surface area contributed by atoms with Gasteiger partial charge in [-0.05, 0) is 45.4 Å². The molecule has 0 spiro atoms. The standard InChI is InChI=1S/C20H20O6/c1-9(2)4-5-11(19(25)20-10(3)26-20)12-8-15(23)16-13(21)6-7-14(22)17(16)18(12)24/h4,6-8,10-11,20-22H,5H2,1-3H3/t10?,11-,20?/m0/s1. The van der Waals surface area contributed by atoms with E-state index in [1.165, 1.54) is 0 Å². The maximum absolute atomic E-state index is 12.9. The lowest BCUT2D eigenvalue weighted by atomic mass is 9.78. The molecule has 6 heteroatoms. The van der Waals surface area contributed by atoms with E-state index in [0.29, 0.717) is 0 Å². The summed E-state index contributed by atoms with van der Waals surface area (Å²) in [5.74, 6) is -3.11. The van der Waals surface area contributed by atoms with E-state index in [4.69, 9.17) is 4.74 Å². The summed E-state index contributed by atoms with van der Waals surface area (Å²) in [7, 11) is 0. The van der Waals surface area contributed by atoms with Gasteiger partial charge in [0, 0.05) is 5.57 Å². The zero-order valence-corrected chi connectivity index (χ0v) is 14.8. The van der Waals surface area contributed by atoms with Crippen LogP contribution in [0.2, 0.25) is 0 Å². The van der Waals surface area contributed by atoms with Crippen molar-refractivity contribution in [3.63, 3.8) is 0 Å². The molecule has 6 nitrogen and oxygen atoms in total. The predicted octanol–water partition coefficient (Wildman–Crippen LogP) is 2.73. The number of carbonyl (C=O) groups excluding carboxylic acids is 3. The lowest BCUT2D eigenvalue weighted by molar-refractivity contribution is -0.122. The van der Waals surface area contributed by atoms with Crippen molar-refractivity contribution < 1.29 is 29.3 Å². The van der Waals surface area contributed by atoms with Gasteiger partial charge in [-0.1, -0.05) is 11.6 Å². The minimum Gasteiger partial charge on any atom is -0.507 e. The van der Waals surface area contributed by atoms with E-state index in [1.807, 2.05) is 19.9 Å². The molecule has 1 aliphatic carbocycles. The van der Waals surface area contributed by atoms with Crippen LogP contribution < -0.4 is 0 Å². The van der Waals surface area contributed by atoms with Gasteiger partial charge in [-0.3, -0.25) is 14.4 Å². The van der Waals surface area contributed by atoms with Crippen molar-refractivity contribution in [3.8, 4) is 11.5 Å². The van der Waals surface area contributed by atoms with Crippen LogP contribution in [-0.4, -0.2) is 39.8 Å². The molecule has 0 saturated carbocycles. The maximum atomic E-state index is 12.9. The molecule has 1 heterocycles. The number of hydrogen-bond donors (Lipinski definition) is 2. The van der Waals surface area contributed by atoms with E-state index in [2.05, 4.69) is 0 Å². The minimum absolute atomic E-state index is 0.0219. The Morgan fingerprint density at radius 3 is 2.31 bits per heavy atom. The number of allylic oxidation sites excluding steroid dienone is 4. The Balaban J connectivity index is 2.06. The number of aromatic hydroxyl groups is 2. The smallest absolute Gasteiger partial charge is 0.194 e. The first-order valence-electron chi connectivity index (χ1n) is 8.40. The number of carbonyl (C=O) groups is 3. The van der Waals surface area contributed by atoms with Gasteiger partial charge >= 0.3 is 0 Å². The second kappa shape index (κ2) is 6.53. The molecule has 1 fully saturated rings. The van der Waals surface area contributed by atoms with Crippen molar-refractivity contribution in [2.45, 2.75) is 39.4 Å². The molecule has 1 saturated heterocycles. The Labute approximate surface area is 150 Å². The van der Waals surface area contributed by atoms with Crippen molar-refractivity contribution in [1.29, 1.82) is 0 Å². The molecule has 3 atom stereocenters. The summed E-state index contributed by atoms with van der Waals surface area (Å²) < 4.78 is 5.25. The van der Waals surface area contributed by atoms with E-state index in [-0.39, 0.29) is 40.8 Å². The van der Waals surface area contributed by atoms with E-state index in [0.717, 1.165) is 23.8 Å². The van der Waals surface area contributed by atoms with Crippen LogP contribution in [0.15, 0.2) is 35.4 Å². The Morgan fingerprint density at radius 2 is 1.77 bits per heavy atom. The fourth-order valence-electron chi connectivity index (χ4n) is 3.17. The van der Waals surface area contributed by atoms with Crippen LogP contribution in [0, 0.1) is 5.92 Å². The highest BCUT2D eigenvalue weighted by molar-refractivity contribution is 6.28. The van der Waals surface area contributed by atoms with Gasteiger partial charge in [0.05, 0.1) is 23.1 Å². The van der Waals surface area contributed by atoms with E-state index in [9.17, 15) is 24.6 Å². The number of Topliss-reactive ketones (excluding diaryl/α,β-unsaturated/α-hetero) is 2. The van der Waals surface area contributed by atoms with E-state index >= 15 is 0 Å². The molecule has 2 unspecified atom stereocenters. The van der Waals surface area contributed by atoms with Gasteiger partial charge in [0.15, 0.2) is 17.3 Å². The number of ketones is 3. The van der Waals surface area contributed by atoms with Gasteiger partial charge in [-0.2, -0.15) is 0 Å². The summed E-state index contributed by atoms with van der Waals surface area (Å²) >= 11 is 0. The van der Waals surface area contributed by atoms with Gasteiger partial charge in [-0.15, -0.1) is 0 Å². The Hall–Kier alpha value is -2.73. The van der Waals surface area contributed by atoms with Crippen LogP contribution in [0.4, 0.5) is 0 Å².